The zero-order valence-electron chi connectivity index (χ0n) is 12.4. The summed E-state index contributed by atoms with van der Waals surface area (Å²) in [5.74, 6) is -0.653. The van der Waals surface area contributed by atoms with E-state index < -0.39 is 11.6 Å². The molecule has 2 aromatic rings. The fraction of sp³-hybridized carbons (Fsp3) is 0.294. The summed E-state index contributed by atoms with van der Waals surface area (Å²) in [6.45, 7) is 4.11. The number of halogens is 3. The van der Waals surface area contributed by atoms with Gasteiger partial charge in [0.1, 0.15) is 18.1 Å². The van der Waals surface area contributed by atoms with Gasteiger partial charge >= 0.3 is 0 Å². The summed E-state index contributed by atoms with van der Waals surface area (Å²) in [7, 11) is 0. The van der Waals surface area contributed by atoms with Gasteiger partial charge in [0.25, 0.3) is 0 Å². The maximum absolute atomic E-state index is 13.1. The first-order valence-corrected chi connectivity index (χ1v) is 7.40. The van der Waals surface area contributed by atoms with Gasteiger partial charge in [-0.2, -0.15) is 0 Å². The van der Waals surface area contributed by atoms with Crippen molar-refractivity contribution in [3.05, 3.63) is 58.6 Å². The molecule has 0 aliphatic heterocycles. The van der Waals surface area contributed by atoms with Crippen LogP contribution >= 0.6 is 11.6 Å². The van der Waals surface area contributed by atoms with Crippen molar-refractivity contribution in [2.45, 2.75) is 33.0 Å². The van der Waals surface area contributed by atoms with Gasteiger partial charge in [0.2, 0.25) is 0 Å². The van der Waals surface area contributed by atoms with Gasteiger partial charge in [-0.25, -0.2) is 8.78 Å². The summed E-state index contributed by atoms with van der Waals surface area (Å²) in [6, 6.07) is 8.77. The quantitative estimate of drug-likeness (QED) is 0.710. The third-order valence-corrected chi connectivity index (χ3v) is 3.49. The molecule has 0 fully saturated rings. The van der Waals surface area contributed by atoms with E-state index in [1.165, 1.54) is 6.07 Å². The fourth-order valence-corrected chi connectivity index (χ4v) is 2.00. The molecule has 0 amide bonds. The van der Waals surface area contributed by atoms with Crippen LogP contribution in [0.5, 0.6) is 11.5 Å². The summed E-state index contributed by atoms with van der Waals surface area (Å²) in [6.07, 6.45) is 0.997. The Morgan fingerprint density at radius 3 is 2.50 bits per heavy atom. The van der Waals surface area contributed by atoms with E-state index in [9.17, 15) is 8.78 Å². The minimum Gasteiger partial charge on any atom is -0.491 e. The third kappa shape index (κ3) is 4.34. The molecule has 0 aromatic heterocycles. The number of hydrogen-bond acceptors (Lipinski definition) is 2. The topological polar surface area (TPSA) is 18.5 Å². The van der Waals surface area contributed by atoms with E-state index in [1.54, 1.807) is 18.2 Å². The number of hydrogen-bond donors (Lipinski definition) is 0. The van der Waals surface area contributed by atoms with Crippen molar-refractivity contribution in [3.63, 3.8) is 0 Å². The van der Waals surface area contributed by atoms with E-state index in [2.05, 4.69) is 0 Å². The molecule has 2 aromatic carbocycles. The van der Waals surface area contributed by atoms with Crippen molar-refractivity contribution < 1.29 is 18.3 Å². The zero-order chi connectivity index (χ0) is 16.1. The molecule has 0 aliphatic rings. The highest BCUT2D eigenvalue weighted by Crippen LogP contribution is 2.30. The van der Waals surface area contributed by atoms with Crippen LogP contribution in [0.15, 0.2) is 36.4 Å². The lowest BCUT2D eigenvalue weighted by atomic mass is 10.2. The summed E-state index contributed by atoms with van der Waals surface area (Å²) in [4.78, 5) is 0. The molecular formula is C17H17ClF2O2. The highest BCUT2D eigenvalue weighted by molar-refractivity contribution is 6.32. The Bertz CT molecular complexity index is 647. The van der Waals surface area contributed by atoms with Crippen molar-refractivity contribution in [1.82, 2.24) is 0 Å². The van der Waals surface area contributed by atoms with E-state index in [-0.39, 0.29) is 12.7 Å². The second kappa shape index (κ2) is 7.45. The highest BCUT2D eigenvalue weighted by atomic mass is 35.5. The molecule has 0 radical (unpaired) electrons. The van der Waals surface area contributed by atoms with E-state index in [4.69, 9.17) is 21.1 Å². The van der Waals surface area contributed by atoms with Crippen LogP contribution in [0.25, 0.3) is 0 Å². The van der Waals surface area contributed by atoms with Crippen molar-refractivity contribution in [2.75, 3.05) is 0 Å². The smallest absolute Gasteiger partial charge is 0.159 e. The molecule has 0 spiro atoms. The zero-order valence-corrected chi connectivity index (χ0v) is 13.2. The SMILES string of the molecule is CCC(C)Oc1ccc(OCc2ccc(F)c(F)c2)c(Cl)c1. The molecule has 118 valence electrons. The molecule has 0 saturated heterocycles. The highest BCUT2D eigenvalue weighted by Gasteiger charge is 2.08. The molecule has 1 unspecified atom stereocenters. The van der Waals surface area contributed by atoms with Gasteiger partial charge in [-0.05, 0) is 43.2 Å². The summed E-state index contributed by atoms with van der Waals surface area (Å²) in [5.41, 5.74) is 0.523. The van der Waals surface area contributed by atoms with E-state index >= 15 is 0 Å². The van der Waals surface area contributed by atoms with Crippen LogP contribution in [-0.4, -0.2) is 6.10 Å². The average Bonchev–Trinajstić information content (AvgIpc) is 2.49. The molecule has 0 bridgehead atoms. The molecule has 5 heteroatoms. The van der Waals surface area contributed by atoms with Crippen LogP contribution in [-0.2, 0) is 6.61 Å². The molecule has 2 rings (SSSR count). The maximum Gasteiger partial charge on any atom is 0.159 e. The standard InChI is InChI=1S/C17H17ClF2O2/c1-3-11(2)22-13-5-7-17(14(18)9-13)21-10-12-4-6-15(19)16(20)8-12/h4-9,11H,3,10H2,1-2H3. The summed E-state index contributed by atoms with van der Waals surface area (Å²) < 4.78 is 37.2. The fourth-order valence-electron chi connectivity index (χ4n) is 1.78. The van der Waals surface area contributed by atoms with Crippen LogP contribution in [0.2, 0.25) is 5.02 Å². The Hall–Kier alpha value is -1.81. The van der Waals surface area contributed by atoms with Gasteiger partial charge in [0.15, 0.2) is 11.6 Å². The van der Waals surface area contributed by atoms with Crippen molar-refractivity contribution in [1.29, 1.82) is 0 Å². The van der Waals surface area contributed by atoms with Crippen LogP contribution in [0.4, 0.5) is 8.78 Å². The van der Waals surface area contributed by atoms with Crippen molar-refractivity contribution >= 4 is 11.6 Å². The second-order valence-electron chi connectivity index (χ2n) is 4.97. The van der Waals surface area contributed by atoms with Gasteiger partial charge in [-0.1, -0.05) is 24.6 Å². The number of benzene rings is 2. The van der Waals surface area contributed by atoms with Gasteiger partial charge in [0, 0.05) is 6.07 Å². The summed E-state index contributed by atoms with van der Waals surface area (Å²) in [5, 5.41) is 0.406. The van der Waals surface area contributed by atoms with Gasteiger partial charge in [-0.15, -0.1) is 0 Å². The van der Waals surface area contributed by atoms with Crippen molar-refractivity contribution in [2.24, 2.45) is 0 Å². The molecule has 2 nitrogen and oxygen atoms in total. The maximum atomic E-state index is 13.1. The van der Waals surface area contributed by atoms with Gasteiger partial charge < -0.3 is 9.47 Å². The molecule has 1 atom stereocenters. The number of rotatable bonds is 6. The first-order chi connectivity index (χ1) is 10.5. The minimum absolute atomic E-state index is 0.0997. The first-order valence-electron chi connectivity index (χ1n) is 7.02. The Morgan fingerprint density at radius 1 is 1.09 bits per heavy atom. The molecule has 22 heavy (non-hydrogen) atoms. The lowest BCUT2D eigenvalue weighted by Gasteiger charge is -2.14. The molecule has 0 saturated carbocycles. The molecule has 0 heterocycles. The third-order valence-electron chi connectivity index (χ3n) is 3.19. The Morgan fingerprint density at radius 2 is 1.86 bits per heavy atom. The first kappa shape index (κ1) is 16.6. The van der Waals surface area contributed by atoms with Gasteiger partial charge in [0.05, 0.1) is 11.1 Å². The minimum atomic E-state index is -0.899. The van der Waals surface area contributed by atoms with Crippen molar-refractivity contribution in [3.8, 4) is 11.5 Å². The van der Waals surface area contributed by atoms with Crippen LogP contribution in [0.1, 0.15) is 25.8 Å². The Balaban J connectivity index is 2.02. The van der Waals surface area contributed by atoms with Crippen LogP contribution < -0.4 is 9.47 Å². The van der Waals surface area contributed by atoms with Crippen LogP contribution in [0, 0.1) is 11.6 Å². The lowest BCUT2D eigenvalue weighted by Crippen LogP contribution is -2.09. The largest absolute Gasteiger partial charge is 0.491 e. The summed E-state index contributed by atoms with van der Waals surface area (Å²) >= 11 is 6.14. The average molecular weight is 327 g/mol. The number of ether oxygens (including phenoxy) is 2. The molecular weight excluding hydrogens is 310 g/mol. The van der Waals surface area contributed by atoms with E-state index in [0.717, 1.165) is 18.6 Å². The van der Waals surface area contributed by atoms with E-state index in [1.807, 2.05) is 13.8 Å². The predicted molar refractivity (Wildman–Crippen MR) is 82.5 cm³/mol. The predicted octanol–water partition coefficient (Wildman–Crippen LogP) is 5.37. The van der Waals surface area contributed by atoms with E-state index in [0.29, 0.717) is 22.1 Å². The van der Waals surface area contributed by atoms with Crippen LogP contribution in [0.3, 0.4) is 0 Å². The van der Waals surface area contributed by atoms with Gasteiger partial charge in [-0.3, -0.25) is 0 Å². The monoisotopic (exact) mass is 326 g/mol. The Kier molecular flexibility index (Phi) is 5.61. The molecule has 0 aliphatic carbocycles. The second-order valence-corrected chi connectivity index (χ2v) is 5.37. The normalized spacial score (nSPS) is 12.0. The Labute approximate surface area is 133 Å². The lowest BCUT2D eigenvalue weighted by molar-refractivity contribution is 0.217. The molecule has 0 N–H and O–H groups in total.